The van der Waals surface area contributed by atoms with E-state index >= 15 is 0 Å². The number of carbonyl (C=O) groups excluding carboxylic acids is 1. The molecule has 1 heterocycles. The van der Waals surface area contributed by atoms with Gasteiger partial charge in [0.25, 0.3) is 5.91 Å². The van der Waals surface area contributed by atoms with E-state index < -0.39 is 0 Å². The van der Waals surface area contributed by atoms with Gasteiger partial charge in [0.05, 0.1) is 11.6 Å². The van der Waals surface area contributed by atoms with E-state index in [2.05, 4.69) is 22.8 Å². The number of rotatable bonds is 2. The summed E-state index contributed by atoms with van der Waals surface area (Å²) in [6.07, 6.45) is 0.945. The van der Waals surface area contributed by atoms with Gasteiger partial charge in [-0.2, -0.15) is 5.26 Å². The Hall–Kier alpha value is -2.64. The lowest BCUT2D eigenvalue weighted by molar-refractivity contribution is 0.102. The molecule has 0 atom stereocenters. The van der Waals surface area contributed by atoms with Gasteiger partial charge in [0.2, 0.25) is 0 Å². The molecule has 1 amide bonds. The first-order chi connectivity index (χ1) is 10.3. The van der Waals surface area contributed by atoms with Gasteiger partial charge < -0.3 is 10.6 Å². The van der Waals surface area contributed by atoms with Gasteiger partial charge in [-0.3, -0.25) is 4.79 Å². The second kappa shape index (κ2) is 5.78. The summed E-state index contributed by atoms with van der Waals surface area (Å²) >= 11 is 0. The van der Waals surface area contributed by atoms with Crippen LogP contribution in [0.2, 0.25) is 0 Å². The number of hydrogen-bond donors (Lipinski definition) is 2. The molecule has 0 radical (unpaired) electrons. The molecule has 1 aliphatic rings. The Morgan fingerprint density at radius 3 is 2.95 bits per heavy atom. The number of hydrogen-bond acceptors (Lipinski definition) is 3. The molecular formula is C17H15N3O. The van der Waals surface area contributed by atoms with E-state index in [-0.39, 0.29) is 5.91 Å². The number of nitrogens with zero attached hydrogens (tertiary/aromatic N) is 1. The SMILES string of the molecule is N#Cc1cccc(NC(=O)c2cccc3c2CNCC3)c1. The van der Waals surface area contributed by atoms with Crippen LogP contribution in [0, 0.1) is 11.3 Å². The first-order valence-corrected chi connectivity index (χ1v) is 6.91. The molecule has 1 aliphatic heterocycles. The number of amides is 1. The van der Waals surface area contributed by atoms with Crippen LogP contribution in [0.15, 0.2) is 42.5 Å². The quantitative estimate of drug-likeness (QED) is 0.886. The summed E-state index contributed by atoms with van der Waals surface area (Å²) in [6.45, 7) is 1.67. The Kier molecular flexibility index (Phi) is 3.67. The molecule has 2 aromatic carbocycles. The van der Waals surface area contributed by atoms with Crippen molar-refractivity contribution in [2.24, 2.45) is 0 Å². The highest BCUT2D eigenvalue weighted by molar-refractivity contribution is 6.05. The number of anilines is 1. The van der Waals surface area contributed by atoms with Crippen LogP contribution in [0.4, 0.5) is 5.69 Å². The lowest BCUT2D eigenvalue weighted by atomic mass is 9.95. The Morgan fingerprint density at radius 1 is 1.24 bits per heavy atom. The molecule has 0 saturated heterocycles. The van der Waals surface area contributed by atoms with Gasteiger partial charge in [-0.05, 0) is 48.4 Å². The standard InChI is InChI=1S/C17H15N3O/c18-10-12-3-1-5-14(9-12)20-17(21)15-6-2-4-13-7-8-19-11-16(13)15/h1-6,9,19H,7-8,11H2,(H,20,21). The Bertz CT molecular complexity index is 731. The summed E-state index contributed by atoms with van der Waals surface area (Å²) in [6, 6.07) is 14.8. The third-order valence-electron chi connectivity index (χ3n) is 3.64. The molecule has 4 nitrogen and oxygen atoms in total. The van der Waals surface area contributed by atoms with E-state index in [4.69, 9.17) is 5.26 Å². The Balaban J connectivity index is 1.87. The number of nitriles is 1. The van der Waals surface area contributed by atoms with Crippen molar-refractivity contribution in [3.63, 3.8) is 0 Å². The number of carbonyl (C=O) groups is 1. The molecule has 2 N–H and O–H groups in total. The second-order valence-corrected chi connectivity index (χ2v) is 5.02. The minimum atomic E-state index is -0.134. The predicted octanol–water partition coefficient (Wildman–Crippen LogP) is 2.46. The average molecular weight is 277 g/mol. The number of benzene rings is 2. The maximum Gasteiger partial charge on any atom is 0.255 e. The summed E-state index contributed by atoms with van der Waals surface area (Å²) in [5, 5.41) is 15.1. The van der Waals surface area contributed by atoms with E-state index in [1.807, 2.05) is 12.1 Å². The maximum atomic E-state index is 12.5. The van der Waals surface area contributed by atoms with Crippen LogP contribution < -0.4 is 10.6 Å². The fourth-order valence-electron chi connectivity index (χ4n) is 2.59. The van der Waals surface area contributed by atoms with Gasteiger partial charge in [0, 0.05) is 17.8 Å². The van der Waals surface area contributed by atoms with Crippen molar-refractivity contribution in [1.29, 1.82) is 5.26 Å². The van der Waals surface area contributed by atoms with Crippen LogP contribution >= 0.6 is 0 Å². The van der Waals surface area contributed by atoms with Crippen molar-refractivity contribution >= 4 is 11.6 Å². The third kappa shape index (κ3) is 2.78. The third-order valence-corrected chi connectivity index (χ3v) is 3.64. The molecule has 0 aliphatic carbocycles. The van der Waals surface area contributed by atoms with Crippen LogP contribution in [0.5, 0.6) is 0 Å². The van der Waals surface area contributed by atoms with Gasteiger partial charge >= 0.3 is 0 Å². The molecule has 0 unspecified atom stereocenters. The van der Waals surface area contributed by atoms with Crippen molar-refractivity contribution in [3.8, 4) is 6.07 Å². The lowest BCUT2D eigenvalue weighted by Gasteiger charge is -2.20. The molecule has 0 spiro atoms. The maximum absolute atomic E-state index is 12.5. The lowest BCUT2D eigenvalue weighted by Crippen LogP contribution is -2.27. The summed E-state index contributed by atoms with van der Waals surface area (Å²) in [7, 11) is 0. The predicted molar refractivity (Wildman–Crippen MR) is 81.0 cm³/mol. The van der Waals surface area contributed by atoms with Gasteiger partial charge in [-0.1, -0.05) is 18.2 Å². The smallest absolute Gasteiger partial charge is 0.255 e. The van der Waals surface area contributed by atoms with Crippen molar-refractivity contribution in [2.45, 2.75) is 13.0 Å². The zero-order valence-corrected chi connectivity index (χ0v) is 11.5. The highest BCUT2D eigenvalue weighted by atomic mass is 16.1. The van der Waals surface area contributed by atoms with E-state index in [9.17, 15) is 4.79 Å². The fraction of sp³-hybridized carbons (Fsp3) is 0.176. The molecule has 21 heavy (non-hydrogen) atoms. The van der Waals surface area contributed by atoms with E-state index in [0.29, 0.717) is 16.8 Å². The molecular weight excluding hydrogens is 262 g/mol. The van der Waals surface area contributed by atoms with Crippen molar-refractivity contribution in [1.82, 2.24) is 5.32 Å². The summed E-state index contributed by atoms with van der Waals surface area (Å²) < 4.78 is 0. The molecule has 0 fully saturated rings. The molecule has 4 heteroatoms. The number of fused-ring (bicyclic) bond motifs is 1. The normalized spacial score (nSPS) is 13.1. The topological polar surface area (TPSA) is 64.9 Å². The summed E-state index contributed by atoms with van der Waals surface area (Å²) in [5.41, 5.74) is 4.16. The second-order valence-electron chi connectivity index (χ2n) is 5.02. The van der Waals surface area contributed by atoms with Crippen LogP contribution in [-0.2, 0) is 13.0 Å². The van der Waals surface area contributed by atoms with Gasteiger partial charge in [0.1, 0.15) is 0 Å². The van der Waals surface area contributed by atoms with Gasteiger partial charge in [-0.15, -0.1) is 0 Å². The molecule has 0 aromatic heterocycles. The van der Waals surface area contributed by atoms with Gasteiger partial charge in [0.15, 0.2) is 0 Å². The highest BCUT2D eigenvalue weighted by Gasteiger charge is 2.17. The summed E-state index contributed by atoms with van der Waals surface area (Å²) in [4.78, 5) is 12.5. The highest BCUT2D eigenvalue weighted by Crippen LogP contribution is 2.20. The van der Waals surface area contributed by atoms with Crippen molar-refractivity contribution in [3.05, 3.63) is 64.7 Å². The monoisotopic (exact) mass is 277 g/mol. The molecule has 0 bridgehead atoms. The van der Waals surface area contributed by atoms with Crippen molar-refractivity contribution < 1.29 is 4.79 Å². The zero-order valence-electron chi connectivity index (χ0n) is 11.5. The fourth-order valence-corrected chi connectivity index (χ4v) is 2.59. The zero-order chi connectivity index (χ0) is 14.7. The van der Waals surface area contributed by atoms with E-state index in [1.165, 1.54) is 5.56 Å². The molecule has 3 rings (SSSR count). The molecule has 104 valence electrons. The van der Waals surface area contributed by atoms with Crippen LogP contribution in [0.3, 0.4) is 0 Å². The molecule has 2 aromatic rings. The van der Waals surface area contributed by atoms with E-state index in [1.54, 1.807) is 24.3 Å². The number of nitrogens with one attached hydrogen (secondary N) is 2. The Morgan fingerprint density at radius 2 is 2.10 bits per heavy atom. The first-order valence-electron chi connectivity index (χ1n) is 6.91. The first kappa shape index (κ1) is 13.3. The largest absolute Gasteiger partial charge is 0.322 e. The van der Waals surface area contributed by atoms with Crippen molar-refractivity contribution in [2.75, 3.05) is 11.9 Å². The van der Waals surface area contributed by atoms with Crippen LogP contribution in [0.1, 0.15) is 27.0 Å². The van der Waals surface area contributed by atoms with Crippen LogP contribution in [0.25, 0.3) is 0 Å². The molecule has 0 saturated carbocycles. The van der Waals surface area contributed by atoms with Gasteiger partial charge in [-0.25, -0.2) is 0 Å². The minimum absolute atomic E-state index is 0.134. The van der Waals surface area contributed by atoms with E-state index in [0.717, 1.165) is 25.1 Å². The minimum Gasteiger partial charge on any atom is -0.322 e. The summed E-state index contributed by atoms with van der Waals surface area (Å²) in [5.74, 6) is -0.134. The Labute approximate surface area is 123 Å². The van der Waals surface area contributed by atoms with Crippen LogP contribution in [-0.4, -0.2) is 12.5 Å². The average Bonchev–Trinajstić information content (AvgIpc) is 2.54.